The average molecular weight is 274 g/mol. The first kappa shape index (κ1) is 12.5. The number of rotatable bonds is 3. The molecule has 1 aliphatic rings. The molecule has 0 N–H and O–H groups in total. The minimum Gasteiger partial charge on any atom is -0.456 e. The van der Waals surface area contributed by atoms with E-state index in [0.717, 1.165) is 30.6 Å². The first-order valence-corrected chi connectivity index (χ1v) is 7.66. The molecule has 4 rings (SSSR count). The van der Waals surface area contributed by atoms with Crippen LogP contribution in [0.5, 0.6) is 0 Å². The molecule has 3 aromatic rings. The van der Waals surface area contributed by atoms with Crippen molar-refractivity contribution in [3.63, 3.8) is 0 Å². The summed E-state index contributed by atoms with van der Waals surface area (Å²) in [5.41, 5.74) is 6.65. The maximum Gasteiger partial charge on any atom is 0.134 e. The Kier molecular flexibility index (Phi) is 2.92. The number of fused-ring (bicyclic) bond motifs is 2. The lowest BCUT2D eigenvalue weighted by molar-refractivity contribution is 0.598. The molecule has 1 heterocycles. The van der Waals surface area contributed by atoms with Crippen LogP contribution in [-0.2, 0) is 6.42 Å². The third-order valence-electron chi connectivity index (χ3n) is 4.30. The van der Waals surface area contributed by atoms with Crippen molar-refractivity contribution in [1.82, 2.24) is 0 Å². The number of hydrogen-bond acceptors (Lipinski definition) is 1. The lowest BCUT2D eigenvalue weighted by atomic mass is 10.0. The van der Waals surface area contributed by atoms with Crippen molar-refractivity contribution in [3.8, 4) is 0 Å². The summed E-state index contributed by atoms with van der Waals surface area (Å²) in [6.45, 7) is 2.24. The molecule has 0 radical (unpaired) electrons. The molecule has 1 nitrogen and oxygen atoms in total. The van der Waals surface area contributed by atoms with Gasteiger partial charge in [0.25, 0.3) is 0 Å². The van der Waals surface area contributed by atoms with E-state index in [2.05, 4.69) is 49.4 Å². The summed E-state index contributed by atoms with van der Waals surface area (Å²) in [4.78, 5) is 0. The average Bonchev–Trinajstić information content (AvgIpc) is 3.09. The summed E-state index contributed by atoms with van der Waals surface area (Å²) in [7, 11) is 0. The first-order valence-electron chi connectivity index (χ1n) is 7.66. The third kappa shape index (κ3) is 2.01. The molecule has 0 atom stereocenters. The van der Waals surface area contributed by atoms with Crippen LogP contribution in [0, 0.1) is 0 Å². The first-order chi connectivity index (χ1) is 10.4. The van der Waals surface area contributed by atoms with Crippen LogP contribution in [0.15, 0.2) is 59.0 Å². The molecule has 1 aliphatic carbocycles. The lowest BCUT2D eigenvalue weighted by Gasteiger charge is -2.05. The number of allylic oxidation sites excluding steroid dienone is 2. The normalized spacial score (nSPS) is 14.0. The van der Waals surface area contributed by atoms with Crippen LogP contribution >= 0.6 is 0 Å². The molecule has 0 bridgehead atoms. The Labute approximate surface area is 124 Å². The van der Waals surface area contributed by atoms with Gasteiger partial charge in [-0.3, -0.25) is 0 Å². The molecule has 104 valence electrons. The molecule has 0 saturated carbocycles. The van der Waals surface area contributed by atoms with E-state index >= 15 is 0 Å². The fourth-order valence-electron chi connectivity index (χ4n) is 3.33. The Morgan fingerprint density at radius 1 is 1.00 bits per heavy atom. The van der Waals surface area contributed by atoms with Gasteiger partial charge in [0.1, 0.15) is 11.3 Å². The molecule has 2 aromatic carbocycles. The predicted octanol–water partition coefficient (Wildman–Crippen LogP) is 5.70. The second-order valence-electron chi connectivity index (χ2n) is 5.69. The van der Waals surface area contributed by atoms with Crippen molar-refractivity contribution in [3.05, 3.63) is 71.5 Å². The number of benzene rings is 2. The predicted molar refractivity (Wildman–Crippen MR) is 88.1 cm³/mol. The van der Waals surface area contributed by atoms with E-state index in [9.17, 15) is 0 Å². The fraction of sp³-hybridized carbons (Fsp3) is 0.200. The van der Waals surface area contributed by atoms with Crippen molar-refractivity contribution in [1.29, 1.82) is 0 Å². The minimum absolute atomic E-state index is 0.979. The van der Waals surface area contributed by atoms with E-state index in [1.807, 2.05) is 12.1 Å². The molecular weight excluding hydrogens is 256 g/mol. The van der Waals surface area contributed by atoms with E-state index in [1.165, 1.54) is 27.7 Å². The van der Waals surface area contributed by atoms with Crippen LogP contribution in [0.2, 0.25) is 0 Å². The zero-order valence-electron chi connectivity index (χ0n) is 12.2. The van der Waals surface area contributed by atoms with Crippen LogP contribution in [0.25, 0.3) is 22.1 Å². The summed E-state index contributed by atoms with van der Waals surface area (Å²) >= 11 is 0. The maximum atomic E-state index is 6.10. The molecular formula is C20H18O. The molecule has 1 aromatic heterocycles. The van der Waals surface area contributed by atoms with Gasteiger partial charge < -0.3 is 4.42 Å². The maximum absolute atomic E-state index is 6.10. The van der Waals surface area contributed by atoms with Crippen LogP contribution in [0.1, 0.15) is 36.7 Å². The highest BCUT2D eigenvalue weighted by atomic mass is 16.3. The molecule has 0 spiro atoms. The minimum atomic E-state index is 0.979. The van der Waals surface area contributed by atoms with Crippen molar-refractivity contribution in [2.24, 2.45) is 0 Å². The van der Waals surface area contributed by atoms with Gasteiger partial charge in [0.2, 0.25) is 0 Å². The van der Waals surface area contributed by atoms with Gasteiger partial charge >= 0.3 is 0 Å². The van der Waals surface area contributed by atoms with Crippen molar-refractivity contribution in [2.75, 3.05) is 0 Å². The largest absolute Gasteiger partial charge is 0.456 e. The van der Waals surface area contributed by atoms with Crippen LogP contribution in [0.4, 0.5) is 0 Å². The summed E-state index contributed by atoms with van der Waals surface area (Å²) in [5.74, 6) is 1.04. The summed E-state index contributed by atoms with van der Waals surface area (Å²) in [5, 5.41) is 1.19. The monoisotopic (exact) mass is 274 g/mol. The zero-order valence-corrected chi connectivity index (χ0v) is 12.2. The van der Waals surface area contributed by atoms with Gasteiger partial charge in [-0.25, -0.2) is 0 Å². The van der Waals surface area contributed by atoms with Crippen molar-refractivity contribution < 1.29 is 4.42 Å². The van der Waals surface area contributed by atoms with Crippen molar-refractivity contribution >= 4 is 22.1 Å². The quantitative estimate of drug-likeness (QED) is 0.597. The van der Waals surface area contributed by atoms with E-state index in [0.29, 0.717) is 0 Å². The Morgan fingerprint density at radius 2 is 1.81 bits per heavy atom. The Morgan fingerprint density at radius 3 is 2.67 bits per heavy atom. The molecule has 0 unspecified atom stereocenters. The summed E-state index contributed by atoms with van der Waals surface area (Å²) in [6, 6.07) is 19.2. The summed E-state index contributed by atoms with van der Waals surface area (Å²) in [6.07, 6.45) is 3.27. The van der Waals surface area contributed by atoms with Gasteiger partial charge in [-0.1, -0.05) is 55.8 Å². The lowest BCUT2D eigenvalue weighted by Crippen LogP contribution is -1.84. The van der Waals surface area contributed by atoms with Crippen LogP contribution in [0.3, 0.4) is 0 Å². The molecule has 0 amide bonds. The van der Waals surface area contributed by atoms with Gasteiger partial charge in [0.15, 0.2) is 0 Å². The molecule has 0 saturated heterocycles. The van der Waals surface area contributed by atoms with Gasteiger partial charge in [0.05, 0.1) is 0 Å². The summed E-state index contributed by atoms with van der Waals surface area (Å²) < 4.78 is 6.10. The Bertz CT molecular complexity index is 803. The number of hydrogen-bond donors (Lipinski definition) is 0. The zero-order chi connectivity index (χ0) is 14.2. The smallest absolute Gasteiger partial charge is 0.134 e. The van der Waals surface area contributed by atoms with E-state index in [1.54, 1.807) is 0 Å². The van der Waals surface area contributed by atoms with Gasteiger partial charge in [-0.15, -0.1) is 0 Å². The molecule has 0 aliphatic heterocycles. The van der Waals surface area contributed by atoms with Gasteiger partial charge in [-0.2, -0.15) is 0 Å². The molecule has 21 heavy (non-hydrogen) atoms. The van der Waals surface area contributed by atoms with Crippen LogP contribution in [-0.4, -0.2) is 0 Å². The second kappa shape index (κ2) is 4.92. The SMILES string of the molecule is CCCC1=C(c2cc3ccccc3o2)Cc2ccccc21. The molecule has 0 fully saturated rings. The van der Waals surface area contributed by atoms with Crippen LogP contribution < -0.4 is 0 Å². The third-order valence-corrected chi connectivity index (χ3v) is 4.30. The highest BCUT2D eigenvalue weighted by Crippen LogP contribution is 2.41. The van der Waals surface area contributed by atoms with E-state index < -0.39 is 0 Å². The Balaban J connectivity index is 1.88. The van der Waals surface area contributed by atoms with Gasteiger partial charge in [-0.05, 0) is 35.3 Å². The molecule has 1 heteroatoms. The Hall–Kier alpha value is -2.28. The fourth-order valence-corrected chi connectivity index (χ4v) is 3.33. The topological polar surface area (TPSA) is 13.1 Å². The second-order valence-corrected chi connectivity index (χ2v) is 5.69. The number of para-hydroxylation sites is 1. The number of furan rings is 1. The standard InChI is InChI=1S/C20H18O/c1-2-7-17-16-10-5-3-8-14(16)12-18(17)20-13-15-9-4-6-11-19(15)21-20/h3-6,8-11,13H,2,7,12H2,1H3. The van der Waals surface area contributed by atoms with E-state index in [4.69, 9.17) is 4.42 Å². The van der Waals surface area contributed by atoms with Gasteiger partial charge in [0, 0.05) is 17.4 Å². The highest BCUT2D eigenvalue weighted by Gasteiger charge is 2.23. The van der Waals surface area contributed by atoms with E-state index in [-0.39, 0.29) is 0 Å². The van der Waals surface area contributed by atoms with Crippen molar-refractivity contribution in [2.45, 2.75) is 26.2 Å². The highest BCUT2D eigenvalue weighted by molar-refractivity contribution is 5.97.